The van der Waals surface area contributed by atoms with Gasteiger partial charge >= 0.3 is 0 Å². The van der Waals surface area contributed by atoms with Gasteiger partial charge in [-0.15, -0.1) is 0 Å². The van der Waals surface area contributed by atoms with Crippen LogP contribution in [0.5, 0.6) is 0 Å². The van der Waals surface area contributed by atoms with Gasteiger partial charge in [-0.05, 0) is 25.7 Å². The van der Waals surface area contributed by atoms with Crippen LogP contribution in [0.3, 0.4) is 0 Å². The Hall–Kier alpha value is -0.950. The lowest BCUT2D eigenvalue weighted by Gasteiger charge is -2.19. The van der Waals surface area contributed by atoms with Gasteiger partial charge in [-0.2, -0.15) is 4.98 Å². The average molecular weight is 259 g/mol. The monoisotopic (exact) mass is 259 g/mol. The quantitative estimate of drug-likeness (QED) is 0.846. The summed E-state index contributed by atoms with van der Waals surface area (Å²) in [5, 5.41) is 3.76. The van der Waals surface area contributed by atoms with Crippen molar-refractivity contribution in [3.05, 3.63) is 11.7 Å². The van der Waals surface area contributed by atoms with E-state index in [1.807, 2.05) is 0 Å². The number of aromatic nitrogens is 2. The first-order valence-corrected chi connectivity index (χ1v) is 7.57. The predicted molar refractivity (Wildman–Crippen MR) is 62.0 cm³/mol. The van der Waals surface area contributed by atoms with Gasteiger partial charge in [0.1, 0.15) is 0 Å². The van der Waals surface area contributed by atoms with Gasteiger partial charge < -0.3 is 10.3 Å². The number of hydrogen-bond acceptors (Lipinski definition) is 6. The first-order chi connectivity index (χ1) is 7.96. The minimum atomic E-state index is -2.88. The highest BCUT2D eigenvalue weighted by Gasteiger charge is 2.26. The molecule has 0 radical (unpaired) electrons. The zero-order chi connectivity index (χ0) is 12.5. The first kappa shape index (κ1) is 12.5. The van der Waals surface area contributed by atoms with Crippen LogP contribution in [-0.4, -0.2) is 30.1 Å². The SMILES string of the molecule is CC(N)c1noc(CC2CCCS(=O)(=O)C2)n1. The minimum absolute atomic E-state index is 0.0927. The Labute approximate surface area is 100 Å². The summed E-state index contributed by atoms with van der Waals surface area (Å²) in [5.74, 6) is 1.58. The predicted octanol–water partition coefficient (Wildman–Crippen LogP) is 0.457. The maximum Gasteiger partial charge on any atom is 0.227 e. The largest absolute Gasteiger partial charge is 0.339 e. The van der Waals surface area contributed by atoms with Crippen LogP contribution in [0.2, 0.25) is 0 Å². The van der Waals surface area contributed by atoms with Crippen molar-refractivity contribution in [2.45, 2.75) is 32.2 Å². The molecule has 1 fully saturated rings. The fraction of sp³-hybridized carbons (Fsp3) is 0.800. The van der Waals surface area contributed by atoms with Crippen molar-refractivity contribution in [3.63, 3.8) is 0 Å². The summed E-state index contributed by atoms with van der Waals surface area (Å²) in [5.41, 5.74) is 5.62. The topological polar surface area (TPSA) is 99.1 Å². The number of hydrogen-bond donors (Lipinski definition) is 1. The van der Waals surface area contributed by atoms with E-state index < -0.39 is 9.84 Å². The molecule has 0 amide bonds. The van der Waals surface area contributed by atoms with E-state index in [4.69, 9.17) is 10.3 Å². The van der Waals surface area contributed by atoms with Gasteiger partial charge in [0.2, 0.25) is 5.89 Å². The highest BCUT2D eigenvalue weighted by Crippen LogP contribution is 2.22. The van der Waals surface area contributed by atoms with Gasteiger partial charge in [0.15, 0.2) is 15.7 Å². The summed E-state index contributed by atoms with van der Waals surface area (Å²) in [7, 11) is -2.88. The molecule has 1 aromatic rings. The molecule has 0 bridgehead atoms. The van der Waals surface area contributed by atoms with Crippen molar-refractivity contribution in [1.82, 2.24) is 10.1 Å². The molecule has 0 spiro atoms. The molecule has 2 rings (SSSR count). The molecule has 1 aliphatic rings. The Kier molecular flexibility index (Phi) is 3.48. The molecule has 0 aliphatic carbocycles. The molecule has 7 heteroatoms. The highest BCUT2D eigenvalue weighted by molar-refractivity contribution is 7.91. The summed E-state index contributed by atoms with van der Waals surface area (Å²) in [6.07, 6.45) is 2.15. The molecule has 0 saturated carbocycles. The van der Waals surface area contributed by atoms with Crippen LogP contribution in [0, 0.1) is 5.92 Å². The molecule has 2 unspecified atom stereocenters. The molecular weight excluding hydrogens is 242 g/mol. The highest BCUT2D eigenvalue weighted by atomic mass is 32.2. The Balaban J connectivity index is 2.00. The summed E-state index contributed by atoms with van der Waals surface area (Å²) in [6.45, 7) is 1.78. The van der Waals surface area contributed by atoms with Gasteiger partial charge in [0.25, 0.3) is 0 Å². The van der Waals surface area contributed by atoms with Gasteiger partial charge in [-0.25, -0.2) is 8.42 Å². The molecule has 2 atom stereocenters. The van der Waals surface area contributed by atoms with Crippen LogP contribution in [0.1, 0.15) is 37.5 Å². The molecule has 0 aromatic carbocycles. The van der Waals surface area contributed by atoms with E-state index in [0.717, 1.165) is 12.8 Å². The fourth-order valence-electron chi connectivity index (χ4n) is 2.06. The minimum Gasteiger partial charge on any atom is -0.339 e. The normalized spacial score (nSPS) is 25.6. The van der Waals surface area contributed by atoms with E-state index in [1.165, 1.54) is 0 Å². The molecule has 2 heterocycles. The number of rotatable bonds is 3. The van der Waals surface area contributed by atoms with Crippen LogP contribution in [0.4, 0.5) is 0 Å². The van der Waals surface area contributed by atoms with E-state index in [0.29, 0.717) is 23.9 Å². The van der Waals surface area contributed by atoms with Gasteiger partial charge in [0, 0.05) is 6.42 Å². The molecule has 1 aromatic heterocycles. The van der Waals surface area contributed by atoms with Gasteiger partial charge in [-0.1, -0.05) is 5.16 Å². The standard InChI is InChI=1S/C10H17N3O3S/c1-7(11)10-12-9(16-13-10)5-8-3-2-4-17(14,15)6-8/h7-8H,2-6,11H2,1H3. The zero-order valence-electron chi connectivity index (χ0n) is 9.80. The van der Waals surface area contributed by atoms with Crippen LogP contribution in [0.15, 0.2) is 4.52 Å². The molecule has 2 N–H and O–H groups in total. The zero-order valence-corrected chi connectivity index (χ0v) is 10.6. The van der Waals surface area contributed by atoms with E-state index >= 15 is 0 Å². The Morgan fingerprint density at radius 2 is 2.35 bits per heavy atom. The second-order valence-corrected chi connectivity index (χ2v) is 6.89. The van der Waals surface area contributed by atoms with Crippen molar-refractivity contribution >= 4 is 9.84 Å². The molecule has 6 nitrogen and oxygen atoms in total. The van der Waals surface area contributed by atoms with Crippen LogP contribution >= 0.6 is 0 Å². The van der Waals surface area contributed by atoms with E-state index in [2.05, 4.69) is 10.1 Å². The van der Waals surface area contributed by atoms with E-state index in [-0.39, 0.29) is 17.7 Å². The second kappa shape index (κ2) is 4.73. The molecular formula is C10H17N3O3S. The van der Waals surface area contributed by atoms with Crippen molar-refractivity contribution in [3.8, 4) is 0 Å². The number of nitrogens with zero attached hydrogens (tertiary/aromatic N) is 2. The first-order valence-electron chi connectivity index (χ1n) is 5.75. The molecule has 1 saturated heterocycles. The third kappa shape index (κ3) is 3.26. The van der Waals surface area contributed by atoms with Crippen LogP contribution in [0.25, 0.3) is 0 Å². The second-order valence-electron chi connectivity index (χ2n) is 4.66. The third-order valence-electron chi connectivity index (χ3n) is 2.91. The van der Waals surface area contributed by atoms with E-state index in [1.54, 1.807) is 6.92 Å². The molecule has 1 aliphatic heterocycles. The van der Waals surface area contributed by atoms with Gasteiger partial charge in [0.05, 0.1) is 17.5 Å². The maximum absolute atomic E-state index is 11.5. The van der Waals surface area contributed by atoms with Gasteiger partial charge in [-0.3, -0.25) is 0 Å². The van der Waals surface area contributed by atoms with Crippen molar-refractivity contribution in [1.29, 1.82) is 0 Å². The Morgan fingerprint density at radius 3 is 2.94 bits per heavy atom. The van der Waals surface area contributed by atoms with Crippen molar-refractivity contribution in [2.75, 3.05) is 11.5 Å². The summed E-state index contributed by atoms with van der Waals surface area (Å²) < 4.78 is 28.0. The van der Waals surface area contributed by atoms with Crippen LogP contribution in [-0.2, 0) is 16.3 Å². The molecule has 96 valence electrons. The lowest BCUT2D eigenvalue weighted by Crippen LogP contribution is -2.26. The molecule has 17 heavy (non-hydrogen) atoms. The van der Waals surface area contributed by atoms with Crippen molar-refractivity contribution in [2.24, 2.45) is 11.7 Å². The Bertz CT molecular complexity index is 481. The lowest BCUT2D eigenvalue weighted by atomic mass is 10.0. The fourth-order valence-corrected chi connectivity index (χ4v) is 3.84. The lowest BCUT2D eigenvalue weighted by molar-refractivity contribution is 0.345. The third-order valence-corrected chi connectivity index (χ3v) is 4.80. The number of sulfone groups is 1. The Morgan fingerprint density at radius 1 is 1.59 bits per heavy atom. The van der Waals surface area contributed by atoms with Crippen LogP contribution < -0.4 is 5.73 Å². The average Bonchev–Trinajstić information content (AvgIpc) is 2.64. The maximum atomic E-state index is 11.5. The summed E-state index contributed by atoms with van der Waals surface area (Å²) >= 11 is 0. The summed E-state index contributed by atoms with van der Waals surface area (Å²) in [4.78, 5) is 4.15. The van der Waals surface area contributed by atoms with Crippen molar-refractivity contribution < 1.29 is 12.9 Å². The summed E-state index contributed by atoms with van der Waals surface area (Å²) in [6, 6.07) is -0.261. The van der Waals surface area contributed by atoms with E-state index in [9.17, 15) is 8.42 Å². The number of nitrogens with two attached hydrogens (primary N) is 1. The smallest absolute Gasteiger partial charge is 0.227 e.